The lowest BCUT2D eigenvalue weighted by molar-refractivity contribution is 0.0642. The third-order valence-electron chi connectivity index (χ3n) is 5.17. The minimum Gasteiger partial charge on any atom is -0.416 e. The minimum atomic E-state index is -0.492. The van der Waals surface area contributed by atoms with Crippen LogP contribution in [0.4, 0.5) is 0 Å². The number of pyridine rings is 1. The van der Waals surface area contributed by atoms with Crippen LogP contribution in [0.1, 0.15) is 60.5 Å². The van der Waals surface area contributed by atoms with Crippen LogP contribution in [0.25, 0.3) is 5.52 Å². The third-order valence-corrected chi connectivity index (χ3v) is 5.46. The maximum Gasteiger partial charge on any atom is 0.312 e. The van der Waals surface area contributed by atoms with Crippen molar-refractivity contribution in [1.82, 2.24) is 34.7 Å². The first-order valence-electron chi connectivity index (χ1n) is 9.64. The van der Waals surface area contributed by atoms with E-state index in [1.165, 1.54) is 0 Å². The Labute approximate surface area is 177 Å². The van der Waals surface area contributed by atoms with Gasteiger partial charge in [-0.2, -0.15) is 5.10 Å². The Kier molecular flexibility index (Phi) is 4.18. The second kappa shape index (κ2) is 6.66. The first kappa shape index (κ1) is 18.8. The second-order valence-electron chi connectivity index (χ2n) is 8.33. The fourth-order valence-electron chi connectivity index (χ4n) is 3.67. The van der Waals surface area contributed by atoms with Gasteiger partial charge in [0.25, 0.3) is 0 Å². The van der Waals surface area contributed by atoms with Gasteiger partial charge in [-0.15, -0.1) is 10.2 Å². The molecule has 0 bridgehead atoms. The van der Waals surface area contributed by atoms with Crippen molar-refractivity contribution in [3.8, 4) is 0 Å². The molecule has 1 amide bonds. The van der Waals surface area contributed by atoms with E-state index in [2.05, 4.69) is 25.3 Å². The monoisotopic (exact) mass is 425 g/mol. The Bertz CT molecular complexity index is 1250. The molecule has 0 saturated carbocycles. The van der Waals surface area contributed by atoms with Crippen molar-refractivity contribution < 1.29 is 9.21 Å². The molecule has 9 nitrogen and oxygen atoms in total. The van der Waals surface area contributed by atoms with E-state index in [1.807, 2.05) is 39.0 Å². The number of nitrogens with one attached hydrogen (secondary N) is 1. The van der Waals surface area contributed by atoms with Gasteiger partial charge in [-0.1, -0.05) is 38.4 Å². The van der Waals surface area contributed by atoms with Crippen LogP contribution in [0, 0.1) is 0 Å². The normalized spacial score (nSPS) is 16.8. The molecule has 0 aromatic carbocycles. The summed E-state index contributed by atoms with van der Waals surface area (Å²) in [6.07, 6.45) is 2.28. The van der Waals surface area contributed by atoms with Gasteiger partial charge in [0.2, 0.25) is 5.89 Å². The number of halogens is 1. The maximum atomic E-state index is 13.4. The fraction of sp³-hybridized carbons (Fsp3) is 0.350. The number of rotatable bonds is 2. The molecule has 0 fully saturated rings. The van der Waals surface area contributed by atoms with E-state index in [9.17, 15) is 4.79 Å². The van der Waals surface area contributed by atoms with Gasteiger partial charge in [-0.3, -0.25) is 4.79 Å². The molecule has 5 rings (SSSR count). The van der Waals surface area contributed by atoms with E-state index in [1.54, 1.807) is 21.8 Å². The summed E-state index contributed by atoms with van der Waals surface area (Å²) in [5.74, 6) is 0.0323. The lowest BCUT2D eigenvalue weighted by Gasteiger charge is -2.32. The van der Waals surface area contributed by atoms with E-state index < -0.39 is 6.04 Å². The number of amides is 1. The van der Waals surface area contributed by atoms with Gasteiger partial charge in [0.15, 0.2) is 0 Å². The SMILES string of the molecule is CC(C)(C)c1nnc(C(=O)N2CCc3[nH]cnc3[C@@H]2c2cc3cccc(Cl)n3n2)o1. The number of aromatic nitrogens is 6. The van der Waals surface area contributed by atoms with Crippen molar-refractivity contribution in [2.24, 2.45) is 0 Å². The molecule has 10 heteroatoms. The Balaban J connectivity index is 1.59. The summed E-state index contributed by atoms with van der Waals surface area (Å²) in [7, 11) is 0. The van der Waals surface area contributed by atoms with Crippen molar-refractivity contribution >= 4 is 23.0 Å². The van der Waals surface area contributed by atoms with Crippen LogP contribution < -0.4 is 0 Å². The molecule has 4 aromatic heterocycles. The van der Waals surface area contributed by atoms with E-state index in [4.69, 9.17) is 16.0 Å². The molecular formula is C20H20ClN7O2. The highest BCUT2D eigenvalue weighted by Crippen LogP contribution is 2.34. The molecule has 1 aliphatic rings. The quantitative estimate of drug-likeness (QED) is 0.494. The van der Waals surface area contributed by atoms with Gasteiger partial charge >= 0.3 is 11.8 Å². The van der Waals surface area contributed by atoms with Crippen LogP contribution in [0.3, 0.4) is 0 Å². The molecule has 0 aliphatic carbocycles. The van der Waals surface area contributed by atoms with Gasteiger partial charge in [0.05, 0.1) is 23.2 Å². The summed E-state index contributed by atoms with van der Waals surface area (Å²) < 4.78 is 7.35. The minimum absolute atomic E-state index is 0.0364. The number of nitrogens with zero attached hydrogens (tertiary/aromatic N) is 6. The summed E-state index contributed by atoms with van der Waals surface area (Å²) in [6, 6.07) is 6.96. The van der Waals surface area contributed by atoms with Crippen LogP contribution >= 0.6 is 11.6 Å². The number of hydrogen-bond donors (Lipinski definition) is 1. The van der Waals surface area contributed by atoms with E-state index in [0.29, 0.717) is 29.7 Å². The number of aromatic amines is 1. The van der Waals surface area contributed by atoms with Crippen molar-refractivity contribution in [2.45, 2.75) is 38.6 Å². The smallest absolute Gasteiger partial charge is 0.312 e. The van der Waals surface area contributed by atoms with Crippen LogP contribution in [0.5, 0.6) is 0 Å². The largest absolute Gasteiger partial charge is 0.416 e. The molecule has 1 atom stereocenters. The summed E-state index contributed by atoms with van der Waals surface area (Å²) in [4.78, 5) is 22.7. The Morgan fingerprint density at radius 3 is 2.87 bits per heavy atom. The molecule has 1 N–H and O–H groups in total. The third kappa shape index (κ3) is 2.97. The molecule has 0 spiro atoms. The summed E-state index contributed by atoms with van der Waals surface area (Å²) in [5, 5.41) is 13.2. The molecular weight excluding hydrogens is 406 g/mol. The van der Waals surface area contributed by atoms with E-state index in [-0.39, 0.29) is 17.2 Å². The highest BCUT2D eigenvalue weighted by atomic mass is 35.5. The van der Waals surface area contributed by atoms with Gasteiger partial charge in [-0.05, 0) is 18.2 Å². The Hall–Kier alpha value is -3.20. The second-order valence-corrected chi connectivity index (χ2v) is 8.72. The standard InChI is InChI=1S/C20H20ClN7O2/c1-20(2,3)19-25-24-17(30-19)18(29)27-8-7-12-15(23-10-22-12)16(27)13-9-11-5-4-6-14(21)28(11)26-13/h4-6,9-10,16H,7-8H2,1-3H3,(H,22,23)/t16-/m0/s1. The van der Waals surface area contributed by atoms with Gasteiger partial charge in [0.1, 0.15) is 11.2 Å². The first-order chi connectivity index (χ1) is 14.3. The van der Waals surface area contributed by atoms with Crippen LogP contribution in [-0.4, -0.2) is 47.1 Å². The van der Waals surface area contributed by atoms with Gasteiger partial charge < -0.3 is 14.3 Å². The number of hydrogen-bond acceptors (Lipinski definition) is 6. The van der Waals surface area contributed by atoms with Crippen molar-refractivity contribution in [2.75, 3.05) is 6.54 Å². The van der Waals surface area contributed by atoms with Crippen LogP contribution in [0.15, 0.2) is 35.0 Å². The average molecular weight is 426 g/mol. The zero-order valence-electron chi connectivity index (χ0n) is 16.8. The molecule has 0 radical (unpaired) electrons. The number of carbonyl (C=O) groups is 1. The molecule has 0 saturated heterocycles. The molecule has 0 unspecified atom stereocenters. The molecule has 154 valence electrons. The van der Waals surface area contributed by atoms with Gasteiger partial charge in [-0.25, -0.2) is 9.50 Å². The molecule has 4 aromatic rings. The van der Waals surface area contributed by atoms with Gasteiger partial charge in [0, 0.05) is 24.1 Å². The van der Waals surface area contributed by atoms with Crippen LogP contribution in [-0.2, 0) is 11.8 Å². The lowest BCUT2D eigenvalue weighted by atomic mass is 9.97. The van der Waals surface area contributed by atoms with Crippen molar-refractivity contribution in [3.05, 3.63) is 64.6 Å². The molecule has 1 aliphatic heterocycles. The molecule has 30 heavy (non-hydrogen) atoms. The Morgan fingerprint density at radius 2 is 2.13 bits per heavy atom. The molecule has 5 heterocycles. The number of imidazole rings is 1. The van der Waals surface area contributed by atoms with Crippen molar-refractivity contribution in [3.63, 3.8) is 0 Å². The summed E-state index contributed by atoms with van der Waals surface area (Å²) >= 11 is 6.29. The topological polar surface area (TPSA) is 105 Å². The predicted molar refractivity (Wildman–Crippen MR) is 108 cm³/mol. The first-order valence-corrected chi connectivity index (χ1v) is 10.0. The van der Waals surface area contributed by atoms with E-state index >= 15 is 0 Å². The highest BCUT2D eigenvalue weighted by Gasteiger charge is 2.38. The number of fused-ring (bicyclic) bond motifs is 2. The Morgan fingerprint density at radius 1 is 1.30 bits per heavy atom. The predicted octanol–water partition coefficient (Wildman–Crippen LogP) is 3.18. The zero-order chi connectivity index (χ0) is 21.0. The maximum absolute atomic E-state index is 13.4. The lowest BCUT2D eigenvalue weighted by Crippen LogP contribution is -2.41. The summed E-state index contributed by atoms with van der Waals surface area (Å²) in [6.45, 7) is 6.33. The fourth-order valence-corrected chi connectivity index (χ4v) is 3.87. The van der Waals surface area contributed by atoms with E-state index in [0.717, 1.165) is 16.9 Å². The highest BCUT2D eigenvalue weighted by molar-refractivity contribution is 6.29. The van der Waals surface area contributed by atoms with Crippen LogP contribution in [0.2, 0.25) is 5.15 Å². The summed E-state index contributed by atoms with van der Waals surface area (Å²) in [5.41, 5.74) is 2.89. The zero-order valence-corrected chi connectivity index (χ0v) is 17.5. The average Bonchev–Trinajstić information content (AvgIpc) is 3.44. The number of carbonyl (C=O) groups excluding carboxylic acids is 1. The number of H-pyrrole nitrogens is 1. The van der Waals surface area contributed by atoms with Crippen molar-refractivity contribution in [1.29, 1.82) is 0 Å².